The highest BCUT2D eigenvalue weighted by Crippen LogP contribution is 2.27. The van der Waals surface area contributed by atoms with E-state index in [0.717, 1.165) is 22.9 Å². The van der Waals surface area contributed by atoms with E-state index < -0.39 is 0 Å². The van der Waals surface area contributed by atoms with Crippen LogP contribution in [0.5, 0.6) is 0 Å². The Hall–Kier alpha value is -1.98. The number of benzene rings is 1. The van der Waals surface area contributed by atoms with E-state index in [2.05, 4.69) is 27.5 Å². The van der Waals surface area contributed by atoms with Crippen LogP contribution in [0.4, 0.5) is 0 Å². The summed E-state index contributed by atoms with van der Waals surface area (Å²) in [7, 11) is 1.94. The predicted octanol–water partition coefficient (Wildman–Crippen LogP) is 2.72. The third-order valence-electron chi connectivity index (χ3n) is 2.86. The predicted molar refractivity (Wildman–Crippen MR) is 77.4 cm³/mol. The summed E-state index contributed by atoms with van der Waals surface area (Å²) >= 11 is 1.59. The third kappa shape index (κ3) is 2.30. The molecule has 1 N–H and O–H groups in total. The van der Waals surface area contributed by atoms with Gasteiger partial charge in [-0.25, -0.2) is 9.67 Å². The maximum absolute atomic E-state index is 4.48. The third-order valence-corrected chi connectivity index (χ3v) is 3.61. The minimum atomic E-state index is 0.787. The van der Waals surface area contributed by atoms with E-state index >= 15 is 0 Å². The molecule has 2 heterocycles. The molecule has 3 rings (SSSR count). The molecule has 0 aliphatic carbocycles. The smallest absolute Gasteiger partial charge is 0.210 e. The van der Waals surface area contributed by atoms with Gasteiger partial charge >= 0.3 is 0 Å². The Bertz CT molecular complexity index is 643. The van der Waals surface area contributed by atoms with Gasteiger partial charge < -0.3 is 5.32 Å². The molecule has 4 nitrogen and oxygen atoms in total. The van der Waals surface area contributed by atoms with Crippen LogP contribution in [0.3, 0.4) is 0 Å². The zero-order valence-electron chi connectivity index (χ0n) is 10.6. The van der Waals surface area contributed by atoms with Crippen molar-refractivity contribution in [3.05, 3.63) is 53.7 Å². The van der Waals surface area contributed by atoms with E-state index in [-0.39, 0.29) is 0 Å². The van der Waals surface area contributed by atoms with Crippen LogP contribution in [0, 0.1) is 0 Å². The molecule has 0 spiro atoms. The quantitative estimate of drug-likeness (QED) is 0.792. The van der Waals surface area contributed by atoms with Gasteiger partial charge in [-0.15, -0.1) is 11.3 Å². The van der Waals surface area contributed by atoms with Crippen LogP contribution in [0.2, 0.25) is 0 Å². The molecule has 96 valence electrons. The first kappa shape index (κ1) is 12.1. The molecular formula is C14H14N4S. The molecule has 3 aromatic rings. The molecule has 19 heavy (non-hydrogen) atoms. The molecule has 0 saturated carbocycles. The first-order valence-electron chi connectivity index (χ1n) is 6.07. The van der Waals surface area contributed by atoms with Gasteiger partial charge in [0.1, 0.15) is 0 Å². The van der Waals surface area contributed by atoms with Crippen molar-refractivity contribution in [1.82, 2.24) is 20.1 Å². The van der Waals surface area contributed by atoms with Crippen LogP contribution in [-0.2, 0) is 6.54 Å². The SMILES string of the molecule is CNCc1cnn(-c2nccs2)c1-c1ccccc1. The minimum Gasteiger partial charge on any atom is -0.316 e. The first-order valence-corrected chi connectivity index (χ1v) is 6.95. The number of hydrogen-bond acceptors (Lipinski definition) is 4. The van der Waals surface area contributed by atoms with Crippen LogP contribution in [0.25, 0.3) is 16.4 Å². The summed E-state index contributed by atoms with van der Waals surface area (Å²) in [5.41, 5.74) is 3.43. The molecule has 0 radical (unpaired) electrons. The van der Waals surface area contributed by atoms with Crippen molar-refractivity contribution in [1.29, 1.82) is 0 Å². The number of rotatable bonds is 4. The molecule has 5 heteroatoms. The van der Waals surface area contributed by atoms with Crippen molar-refractivity contribution in [2.24, 2.45) is 0 Å². The maximum atomic E-state index is 4.48. The van der Waals surface area contributed by atoms with Crippen molar-refractivity contribution in [2.45, 2.75) is 6.54 Å². The molecule has 0 aliphatic rings. The van der Waals surface area contributed by atoms with E-state index in [1.165, 1.54) is 5.56 Å². The Morgan fingerprint density at radius 3 is 2.79 bits per heavy atom. The molecule has 0 fully saturated rings. The lowest BCUT2D eigenvalue weighted by Crippen LogP contribution is -2.06. The summed E-state index contributed by atoms with van der Waals surface area (Å²) in [6, 6.07) is 10.3. The van der Waals surface area contributed by atoms with Crippen molar-refractivity contribution in [2.75, 3.05) is 7.05 Å². The molecule has 0 bridgehead atoms. The second-order valence-electron chi connectivity index (χ2n) is 4.14. The lowest BCUT2D eigenvalue weighted by molar-refractivity contribution is 0.818. The second-order valence-corrected chi connectivity index (χ2v) is 5.01. The number of nitrogens with zero attached hydrogens (tertiary/aromatic N) is 3. The molecule has 2 aromatic heterocycles. The van der Waals surface area contributed by atoms with Crippen LogP contribution >= 0.6 is 11.3 Å². The van der Waals surface area contributed by atoms with Crippen LogP contribution < -0.4 is 5.32 Å². The van der Waals surface area contributed by atoms with Gasteiger partial charge in [-0.3, -0.25) is 0 Å². The average Bonchev–Trinajstić information content (AvgIpc) is 3.08. The molecule has 1 aromatic carbocycles. The molecule has 0 unspecified atom stereocenters. The first-order chi connectivity index (χ1) is 9.40. The van der Waals surface area contributed by atoms with E-state index in [0.29, 0.717) is 0 Å². The largest absolute Gasteiger partial charge is 0.316 e. The molecule has 0 atom stereocenters. The number of hydrogen-bond donors (Lipinski definition) is 1. The Morgan fingerprint density at radius 2 is 2.11 bits per heavy atom. The Kier molecular flexibility index (Phi) is 3.39. The highest BCUT2D eigenvalue weighted by molar-refractivity contribution is 7.12. The minimum absolute atomic E-state index is 0.787. The molecular weight excluding hydrogens is 256 g/mol. The Balaban J connectivity index is 2.16. The standard InChI is InChI=1S/C14H14N4S/c1-15-9-12-10-17-18(14-16-7-8-19-14)13(12)11-5-3-2-4-6-11/h2-8,10,15H,9H2,1H3. The highest BCUT2D eigenvalue weighted by atomic mass is 32.1. The summed E-state index contributed by atoms with van der Waals surface area (Å²) in [5.74, 6) is 0. The van der Waals surface area contributed by atoms with Crippen LogP contribution in [0.1, 0.15) is 5.56 Å². The van der Waals surface area contributed by atoms with Crippen molar-refractivity contribution >= 4 is 11.3 Å². The summed E-state index contributed by atoms with van der Waals surface area (Å²) in [6.07, 6.45) is 3.70. The van der Waals surface area contributed by atoms with Crippen molar-refractivity contribution in [3.63, 3.8) is 0 Å². The van der Waals surface area contributed by atoms with E-state index in [1.54, 1.807) is 17.5 Å². The zero-order chi connectivity index (χ0) is 13.1. The van der Waals surface area contributed by atoms with E-state index in [1.807, 2.05) is 41.5 Å². The molecule has 0 aliphatic heterocycles. The maximum Gasteiger partial charge on any atom is 0.210 e. The fraction of sp³-hybridized carbons (Fsp3) is 0.143. The van der Waals surface area contributed by atoms with Gasteiger partial charge in [-0.05, 0) is 7.05 Å². The highest BCUT2D eigenvalue weighted by Gasteiger charge is 2.14. The summed E-state index contributed by atoms with van der Waals surface area (Å²) < 4.78 is 1.91. The van der Waals surface area contributed by atoms with Gasteiger partial charge in [-0.1, -0.05) is 30.3 Å². The lowest BCUT2D eigenvalue weighted by Gasteiger charge is -2.07. The average molecular weight is 270 g/mol. The molecule has 0 saturated heterocycles. The zero-order valence-corrected chi connectivity index (χ0v) is 11.4. The van der Waals surface area contributed by atoms with Crippen molar-refractivity contribution < 1.29 is 0 Å². The summed E-state index contributed by atoms with van der Waals surface area (Å²) in [4.78, 5) is 4.34. The second kappa shape index (κ2) is 5.34. The topological polar surface area (TPSA) is 42.7 Å². The Morgan fingerprint density at radius 1 is 1.26 bits per heavy atom. The van der Waals surface area contributed by atoms with Gasteiger partial charge in [0.15, 0.2) is 0 Å². The van der Waals surface area contributed by atoms with Gasteiger partial charge in [0.05, 0.1) is 11.9 Å². The lowest BCUT2D eigenvalue weighted by atomic mass is 10.1. The fourth-order valence-electron chi connectivity index (χ4n) is 2.07. The van der Waals surface area contributed by atoms with Crippen molar-refractivity contribution in [3.8, 4) is 16.4 Å². The van der Waals surface area contributed by atoms with E-state index in [4.69, 9.17) is 0 Å². The molecule has 0 amide bonds. The van der Waals surface area contributed by atoms with E-state index in [9.17, 15) is 0 Å². The fourth-order valence-corrected chi connectivity index (χ4v) is 2.67. The monoisotopic (exact) mass is 270 g/mol. The summed E-state index contributed by atoms with van der Waals surface area (Å²) in [6.45, 7) is 0.787. The van der Waals surface area contributed by atoms with Gasteiger partial charge in [0.2, 0.25) is 5.13 Å². The number of thiazole rings is 1. The van der Waals surface area contributed by atoms with Gasteiger partial charge in [0, 0.05) is 29.2 Å². The van der Waals surface area contributed by atoms with Crippen LogP contribution in [0.15, 0.2) is 48.1 Å². The number of nitrogens with one attached hydrogen (secondary N) is 1. The number of aromatic nitrogens is 3. The van der Waals surface area contributed by atoms with Gasteiger partial charge in [0.25, 0.3) is 0 Å². The summed E-state index contributed by atoms with van der Waals surface area (Å²) in [5, 5.41) is 10.5. The van der Waals surface area contributed by atoms with Crippen LogP contribution in [-0.4, -0.2) is 21.8 Å². The Labute approximate surface area is 115 Å². The normalized spacial score (nSPS) is 10.8. The van der Waals surface area contributed by atoms with Gasteiger partial charge in [-0.2, -0.15) is 5.10 Å².